The summed E-state index contributed by atoms with van der Waals surface area (Å²) in [6, 6.07) is 5.22. The quantitative estimate of drug-likeness (QED) is 0.859. The molecule has 0 N–H and O–H groups in total. The molecule has 0 aliphatic carbocycles. The fourth-order valence-electron chi connectivity index (χ4n) is 2.69. The van der Waals surface area contributed by atoms with Crippen molar-refractivity contribution in [3.05, 3.63) is 53.5 Å². The van der Waals surface area contributed by atoms with Crippen LogP contribution in [0.4, 0.5) is 13.2 Å². The average molecular weight is 334 g/mol. The third-order valence-electron chi connectivity index (χ3n) is 3.73. The Bertz CT molecular complexity index is 770. The minimum absolute atomic E-state index is 0.0265. The van der Waals surface area contributed by atoms with Crippen LogP contribution in [0.5, 0.6) is 0 Å². The van der Waals surface area contributed by atoms with Crippen LogP contribution in [-0.2, 0) is 12.7 Å². The summed E-state index contributed by atoms with van der Waals surface area (Å²) in [6.45, 7) is 5.00. The predicted octanol–water partition coefficient (Wildman–Crippen LogP) is 3.73. The molecule has 0 atom stereocenters. The van der Waals surface area contributed by atoms with Crippen LogP contribution in [0.15, 0.2) is 30.6 Å². The smallest absolute Gasteiger partial charge is 0.334 e. The Morgan fingerprint density at radius 1 is 1.17 bits per heavy atom. The second-order valence-electron chi connectivity index (χ2n) is 6.03. The van der Waals surface area contributed by atoms with Crippen molar-refractivity contribution in [1.82, 2.24) is 14.9 Å². The van der Waals surface area contributed by atoms with Gasteiger partial charge in [0, 0.05) is 36.6 Å². The van der Waals surface area contributed by atoms with E-state index in [2.05, 4.69) is 9.97 Å². The van der Waals surface area contributed by atoms with E-state index in [1.54, 1.807) is 17.0 Å². The van der Waals surface area contributed by atoms with Crippen LogP contribution in [0.3, 0.4) is 0 Å². The Hall–Kier alpha value is -2.44. The number of fused-ring (bicyclic) bond motifs is 1. The van der Waals surface area contributed by atoms with Crippen molar-refractivity contribution < 1.29 is 18.0 Å². The standard InChI is InChI=1S/C17H15F3N3O/c1-10(2)8-23-9-12-5-11(3-4-14(12)15(23)24)13-6-21-16(22-7-13)17(18,19)20/h3-7H,8-9H2,1-2H3. The molecule has 1 aromatic carbocycles. The van der Waals surface area contributed by atoms with E-state index in [0.717, 1.165) is 23.9 Å². The first-order valence-electron chi connectivity index (χ1n) is 7.36. The fraction of sp³-hybridized carbons (Fsp3) is 0.294. The summed E-state index contributed by atoms with van der Waals surface area (Å²) in [6.07, 6.45) is -2.26. The topological polar surface area (TPSA) is 46.1 Å². The van der Waals surface area contributed by atoms with Crippen molar-refractivity contribution in [2.45, 2.75) is 26.6 Å². The van der Waals surface area contributed by atoms with Crippen molar-refractivity contribution in [2.75, 3.05) is 6.54 Å². The molecule has 0 saturated carbocycles. The number of amides is 1. The van der Waals surface area contributed by atoms with Crippen molar-refractivity contribution in [2.24, 2.45) is 0 Å². The van der Waals surface area contributed by atoms with E-state index in [-0.39, 0.29) is 5.91 Å². The van der Waals surface area contributed by atoms with E-state index in [0.29, 0.717) is 29.8 Å². The number of carbonyl (C=O) groups is 1. The molecule has 3 rings (SSSR count). The number of hydrogen-bond donors (Lipinski definition) is 0. The molecule has 1 radical (unpaired) electrons. The highest BCUT2D eigenvalue weighted by molar-refractivity contribution is 5.99. The van der Waals surface area contributed by atoms with E-state index < -0.39 is 12.0 Å². The lowest BCUT2D eigenvalue weighted by molar-refractivity contribution is -0.144. The number of rotatable bonds is 3. The first-order valence-corrected chi connectivity index (χ1v) is 7.36. The van der Waals surface area contributed by atoms with Gasteiger partial charge in [-0.05, 0) is 29.2 Å². The summed E-state index contributed by atoms with van der Waals surface area (Å²) in [5.41, 5.74) is 2.66. The van der Waals surface area contributed by atoms with Gasteiger partial charge >= 0.3 is 6.18 Å². The maximum absolute atomic E-state index is 12.5. The summed E-state index contributed by atoms with van der Waals surface area (Å²) >= 11 is 0. The lowest BCUT2D eigenvalue weighted by atomic mass is 10.0. The van der Waals surface area contributed by atoms with Crippen LogP contribution in [0.2, 0.25) is 0 Å². The fourth-order valence-corrected chi connectivity index (χ4v) is 2.69. The number of hydrogen-bond acceptors (Lipinski definition) is 3. The third kappa shape index (κ3) is 3.11. The Morgan fingerprint density at radius 3 is 2.42 bits per heavy atom. The van der Waals surface area contributed by atoms with Crippen LogP contribution in [0.25, 0.3) is 11.1 Å². The largest absolute Gasteiger partial charge is 0.451 e. The van der Waals surface area contributed by atoms with E-state index in [4.69, 9.17) is 0 Å². The summed E-state index contributed by atoms with van der Waals surface area (Å²) in [5, 5.41) is 0. The molecule has 2 aromatic rings. The molecule has 4 nitrogen and oxygen atoms in total. The minimum Gasteiger partial charge on any atom is -0.334 e. The summed E-state index contributed by atoms with van der Waals surface area (Å²) in [4.78, 5) is 20.8. The normalized spacial score (nSPS) is 14.4. The van der Waals surface area contributed by atoms with Crippen LogP contribution in [-0.4, -0.2) is 27.3 Å². The van der Waals surface area contributed by atoms with Gasteiger partial charge in [0.25, 0.3) is 5.91 Å². The Balaban J connectivity index is 1.87. The summed E-state index contributed by atoms with van der Waals surface area (Å²) in [7, 11) is 0. The second-order valence-corrected chi connectivity index (χ2v) is 6.03. The monoisotopic (exact) mass is 334 g/mol. The molecule has 1 aliphatic rings. The molecule has 7 heteroatoms. The molecule has 0 bridgehead atoms. The zero-order chi connectivity index (χ0) is 17.5. The first-order chi connectivity index (χ1) is 11.3. The van der Waals surface area contributed by atoms with E-state index in [9.17, 15) is 18.0 Å². The van der Waals surface area contributed by atoms with Gasteiger partial charge in [0.15, 0.2) is 0 Å². The highest BCUT2D eigenvalue weighted by atomic mass is 19.4. The molecule has 1 amide bonds. The van der Waals surface area contributed by atoms with Crippen LogP contribution in [0.1, 0.15) is 35.6 Å². The van der Waals surface area contributed by atoms with Gasteiger partial charge in [0.05, 0.1) is 0 Å². The van der Waals surface area contributed by atoms with E-state index in [1.165, 1.54) is 0 Å². The molecule has 125 valence electrons. The third-order valence-corrected chi connectivity index (χ3v) is 3.73. The van der Waals surface area contributed by atoms with Crippen LogP contribution in [0, 0.1) is 5.92 Å². The van der Waals surface area contributed by atoms with Crippen molar-refractivity contribution in [3.8, 4) is 11.1 Å². The van der Waals surface area contributed by atoms with Crippen LogP contribution >= 0.6 is 0 Å². The number of halogens is 3. The van der Waals surface area contributed by atoms with E-state index >= 15 is 0 Å². The zero-order valence-electron chi connectivity index (χ0n) is 13.2. The molecule has 0 saturated heterocycles. The maximum atomic E-state index is 12.5. The van der Waals surface area contributed by atoms with E-state index in [1.807, 2.05) is 19.9 Å². The molecular formula is C17H15F3N3O. The van der Waals surface area contributed by atoms with Crippen molar-refractivity contribution in [3.63, 3.8) is 0 Å². The predicted molar refractivity (Wildman–Crippen MR) is 81.8 cm³/mol. The number of alkyl halides is 3. The van der Waals surface area contributed by atoms with Gasteiger partial charge in [-0.15, -0.1) is 0 Å². The highest BCUT2D eigenvalue weighted by Crippen LogP contribution is 2.30. The Labute approximate surface area is 137 Å². The first kappa shape index (κ1) is 16.4. The Morgan fingerprint density at radius 2 is 1.83 bits per heavy atom. The molecule has 1 aliphatic heterocycles. The van der Waals surface area contributed by atoms with Gasteiger partial charge in [-0.3, -0.25) is 4.79 Å². The lowest BCUT2D eigenvalue weighted by Crippen LogP contribution is -2.27. The maximum Gasteiger partial charge on any atom is 0.451 e. The molecule has 0 spiro atoms. The molecule has 2 heterocycles. The molecular weight excluding hydrogens is 319 g/mol. The average Bonchev–Trinajstić information content (AvgIpc) is 2.81. The number of carbonyl (C=O) groups excluding carboxylic acids is 1. The Kier molecular flexibility index (Phi) is 4.03. The minimum atomic E-state index is -4.56. The highest BCUT2D eigenvalue weighted by Gasteiger charge is 2.34. The number of aromatic nitrogens is 2. The van der Waals surface area contributed by atoms with Gasteiger partial charge in [0.1, 0.15) is 0 Å². The number of nitrogens with zero attached hydrogens (tertiary/aromatic N) is 3. The second kappa shape index (κ2) is 5.89. The summed E-state index contributed by atoms with van der Waals surface area (Å²) in [5.74, 6) is -0.0586. The molecule has 0 unspecified atom stereocenters. The molecule has 1 aromatic heterocycles. The van der Waals surface area contributed by atoms with Gasteiger partial charge < -0.3 is 4.90 Å². The van der Waals surface area contributed by atoms with Gasteiger partial charge in [-0.25, -0.2) is 9.97 Å². The van der Waals surface area contributed by atoms with Gasteiger partial charge in [0.2, 0.25) is 5.82 Å². The van der Waals surface area contributed by atoms with Crippen LogP contribution < -0.4 is 0 Å². The van der Waals surface area contributed by atoms with Gasteiger partial charge in [-0.1, -0.05) is 19.9 Å². The lowest BCUT2D eigenvalue weighted by Gasteiger charge is -2.17. The number of benzene rings is 1. The molecule has 0 fully saturated rings. The van der Waals surface area contributed by atoms with Crippen molar-refractivity contribution >= 4 is 5.91 Å². The molecule has 24 heavy (non-hydrogen) atoms. The summed E-state index contributed by atoms with van der Waals surface area (Å²) < 4.78 is 37.6. The van der Waals surface area contributed by atoms with Gasteiger partial charge in [-0.2, -0.15) is 13.2 Å². The SMILES string of the molecule is C[C](C)CN1Cc2cc(-c3cnc(C(F)(F)F)nc3)ccc2C1=O. The zero-order valence-corrected chi connectivity index (χ0v) is 13.2. The van der Waals surface area contributed by atoms with Crippen molar-refractivity contribution in [1.29, 1.82) is 0 Å².